The molecule has 0 atom stereocenters. The van der Waals surface area contributed by atoms with Crippen molar-refractivity contribution in [1.29, 1.82) is 0 Å². The van der Waals surface area contributed by atoms with Crippen molar-refractivity contribution >= 4 is 44.5 Å². The molecule has 1 aliphatic rings. The summed E-state index contributed by atoms with van der Waals surface area (Å²) >= 11 is 1.46. The molecule has 4 heterocycles. The molecule has 3 aromatic rings. The maximum atomic E-state index is 12.7. The number of carbonyl (C=O) groups excluding carboxylic acids is 1. The van der Waals surface area contributed by atoms with Crippen molar-refractivity contribution < 1.29 is 14.7 Å². The van der Waals surface area contributed by atoms with E-state index in [1.165, 1.54) is 16.2 Å². The molecule has 2 amide bonds. The van der Waals surface area contributed by atoms with Gasteiger partial charge in [0.15, 0.2) is 0 Å². The number of amides is 2. The Morgan fingerprint density at radius 3 is 2.70 bits per heavy atom. The van der Waals surface area contributed by atoms with E-state index in [1.54, 1.807) is 11.1 Å². The van der Waals surface area contributed by atoms with Gasteiger partial charge in [-0.3, -0.25) is 4.79 Å². The zero-order chi connectivity index (χ0) is 16.0. The number of nitrogens with one attached hydrogen (secondary N) is 1. The van der Waals surface area contributed by atoms with Crippen LogP contribution in [0.3, 0.4) is 0 Å². The molecule has 0 radical (unpaired) electrons. The molecule has 1 aliphatic heterocycles. The molecule has 7 nitrogen and oxygen atoms in total. The highest BCUT2D eigenvalue weighted by Gasteiger charge is 2.25. The Hall–Kier alpha value is -2.61. The van der Waals surface area contributed by atoms with Gasteiger partial charge in [-0.1, -0.05) is 0 Å². The lowest BCUT2D eigenvalue weighted by molar-refractivity contribution is 0.0629. The summed E-state index contributed by atoms with van der Waals surface area (Å²) in [5.74, 6) is -0.0417. The lowest BCUT2D eigenvalue weighted by Crippen LogP contribution is -2.50. The van der Waals surface area contributed by atoms with Crippen LogP contribution in [0.2, 0.25) is 0 Å². The molecule has 2 N–H and O–H groups in total. The molecule has 1 fully saturated rings. The van der Waals surface area contributed by atoms with Gasteiger partial charge in [-0.2, -0.15) is 0 Å². The Labute approximate surface area is 135 Å². The number of rotatable bonds is 1. The lowest BCUT2D eigenvalue weighted by Gasteiger charge is -2.32. The Morgan fingerprint density at radius 1 is 1.22 bits per heavy atom. The largest absolute Gasteiger partial charge is 0.465 e. The van der Waals surface area contributed by atoms with Gasteiger partial charge in [0.2, 0.25) is 0 Å². The smallest absolute Gasteiger partial charge is 0.407 e. The number of aromatic nitrogens is 2. The third kappa shape index (κ3) is 2.31. The fraction of sp³-hybridized carbons (Fsp3) is 0.267. The monoisotopic (exact) mass is 330 g/mol. The topological polar surface area (TPSA) is 89.5 Å². The zero-order valence-electron chi connectivity index (χ0n) is 12.2. The van der Waals surface area contributed by atoms with Gasteiger partial charge in [0.25, 0.3) is 5.91 Å². The number of hydrogen-bond donors (Lipinski definition) is 2. The van der Waals surface area contributed by atoms with Crippen LogP contribution in [0, 0.1) is 0 Å². The fourth-order valence-electron chi connectivity index (χ4n) is 2.86. The quantitative estimate of drug-likeness (QED) is 0.716. The molecule has 0 bridgehead atoms. The summed E-state index contributed by atoms with van der Waals surface area (Å²) in [6.45, 7) is 1.57. The predicted molar refractivity (Wildman–Crippen MR) is 87.0 cm³/mol. The minimum Gasteiger partial charge on any atom is -0.465 e. The summed E-state index contributed by atoms with van der Waals surface area (Å²) < 4.78 is 1.05. The van der Waals surface area contributed by atoms with E-state index < -0.39 is 6.09 Å². The van der Waals surface area contributed by atoms with Gasteiger partial charge in [0.05, 0.1) is 4.88 Å². The van der Waals surface area contributed by atoms with Crippen LogP contribution >= 0.6 is 11.3 Å². The maximum Gasteiger partial charge on any atom is 0.407 e. The third-order valence-corrected chi connectivity index (χ3v) is 5.28. The van der Waals surface area contributed by atoms with Gasteiger partial charge < -0.3 is 19.9 Å². The summed E-state index contributed by atoms with van der Waals surface area (Å²) in [6, 6.07) is 3.83. The van der Waals surface area contributed by atoms with E-state index in [1.807, 2.05) is 18.3 Å². The third-order valence-electron chi connectivity index (χ3n) is 4.11. The number of carbonyl (C=O) groups is 2. The van der Waals surface area contributed by atoms with Crippen molar-refractivity contribution in [1.82, 2.24) is 19.8 Å². The average molecular weight is 330 g/mol. The minimum absolute atomic E-state index is 0.0417. The van der Waals surface area contributed by atoms with Crippen molar-refractivity contribution in [3.8, 4) is 0 Å². The summed E-state index contributed by atoms with van der Waals surface area (Å²) in [6.07, 6.45) is 2.67. The molecule has 0 saturated carbocycles. The van der Waals surface area contributed by atoms with Crippen LogP contribution in [0.25, 0.3) is 21.1 Å². The normalized spacial score (nSPS) is 15.5. The molecular formula is C15H14N4O3S. The molecule has 0 aromatic carbocycles. The number of carboxylic acid groups (broad SMARTS) is 1. The van der Waals surface area contributed by atoms with Crippen LogP contribution in [0.1, 0.15) is 9.67 Å². The molecule has 4 rings (SSSR count). The van der Waals surface area contributed by atoms with Crippen molar-refractivity contribution in [2.75, 3.05) is 26.2 Å². The van der Waals surface area contributed by atoms with Gasteiger partial charge >= 0.3 is 6.09 Å². The number of hydrogen-bond acceptors (Lipinski definition) is 4. The average Bonchev–Trinajstić information content (AvgIpc) is 3.19. The van der Waals surface area contributed by atoms with E-state index in [0.29, 0.717) is 31.1 Å². The Balaban J connectivity index is 1.61. The van der Waals surface area contributed by atoms with Gasteiger partial charge in [0, 0.05) is 54.0 Å². The first-order chi connectivity index (χ1) is 11.1. The number of fused-ring (bicyclic) bond motifs is 3. The maximum absolute atomic E-state index is 12.7. The van der Waals surface area contributed by atoms with Gasteiger partial charge in [0.1, 0.15) is 5.65 Å². The van der Waals surface area contributed by atoms with Crippen molar-refractivity contribution in [3.05, 3.63) is 29.4 Å². The van der Waals surface area contributed by atoms with Crippen molar-refractivity contribution in [3.63, 3.8) is 0 Å². The van der Waals surface area contributed by atoms with Crippen LogP contribution in [0.5, 0.6) is 0 Å². The number of nitrogens with zero attached hydrogens (tertiary/aromatic N) is 3. The Kier molecular flexibility index (Phi) is 3.19. The molecule has 0 spiro atoms. The van der Waals surface area contributed by atoms with Crippen LogP contribution in [0.15, 0.2) is 24.5 Å². The van der Waals surface area contributed by atoms with Crippen molar-refractivity contribution in [2.24, 2.45) is 0 Å². The minimum atomic E-state index is -0.931. The van der Waals surface area contributed by atoms with E-state index in [0.717, 1.165) is 21.1 Å². The van der Waals surface area contributed by atoms with Crippen molar-refractivity contribution in [2.45, 2.75) is 0 Å². The second-order valence-corrected chi connectivity index (χ2v) is 6.51. The van der Waals surface area contributed by atoms with E-state index in [-0.39, 0.29) is 5.91 Å². The van der Waals surface area contributed by atoms with Crippen LogP contribution in [-0.4, -0.2) is 63.1 Å². The second kappa shape index (κ2) is 5.24. The predicted octanol–water partition coefficient (Wildman–Crippen LogP) is 2.21. The standard InChI is InChI=1S/C15H14N4O3S/c20-14(18-3-5-19(6-4-18)15(21)22)11-7-9-8-17-13-10(1-2-16-13)12(9)23-11/h1-2,7-8H,3-6H2,(H,16,17)(H,21,22). The number of piperazine rings is 1. The first-order valence-electron chi connectivity index (χ1n) is 7.26. The van der Waals surface area contributed by atoms with E-state index in [9.17, 15) is 9.59 Å². The van der Waals surface area contributed by atoms with E-state index >= 15 is 0 Å². The first-order valence-corrected chi connectivity index (χ1v) is 8.08. The Morgan fingerprint density at radius 2 is 1.96 bits per heavy atom. The number of pyridine rings is 1. The zero-order valence-corrected chi connectivity index (χ0v) is 13.0. The van der Waals surface area contributed by atoms with Crippen LogP contribution in [-0.2, 0) is 0 Å². The highest BCUT2D eigenvalue weighted by Crippen LogP contribution is 2.31. The van der Waals surface area contributed by atoms with Gasteiger partial charge in [-0.15, -0.1) is 11.3 Å². The van der Waals surface area contributed by atoms with E-state index in [4.69, 9.17) is 5.11 Å². The van der Waals surface area contributed by atoms with Gasteiger partial charge in [-0.25, -0.2) is 9.78 Å². The van der Waals surface area contributed by atoms with E-state index in [2.05, 4.69) is 9.97 Å². The lowest BCUT2D eigenvalue weighted by atomic mass is 10.2. The number of H-pyrrole nitrogens is 1. The van der Waals surface area contributed by atoms with Crippen LogP contribution < -0.4 is 0 Å². The Bertz CT molecular complexity index is 908. The summed E-state index contributed by atoms with van der Waals surface area (Å²) in [4.78, 5) is 34.7. The highest BCUT2D eigenvalue weighted by atomic mass is 32.1. The SMILES string of the molecule is O=C(O)N1CCN(C(=O)c2cc3cnc4[nH]ccc4c3s2)CC1. The molecule has 8 heteroatoms. The molecule has 0 aliphatic carbocycles. The fourth-order valence-corrected chi connectivity index (χ4v) is 3.98. The molecule has 23 heavy (non-hydrogen) atoms. The summed E-state index contributed by atoms with van der Waals surface area (Å²) in [5, 5.41) is 10.9. The van der Waals surface area contributed by atoms with Crippen LogP contribution in [0.4, 0.5) is 4.79 Å². The molecule has 3 aromatic heterocycles. The molecule has 0 unspecified atom stereocenters. The summed E-state index contributed by atoms with van der Waals surface area (Å²) in [7, 11) is 0. The highest BCUT2D eigenvalue weighted by molar-refractivity contribution is 7.21. The first kappa shape index (κ1) is 14.0. The second-order valence-electron chi connectivity index (χ2n) is 5.46. The molecular weight excluding hydrogens is 316 g/mol. The molecule has 1 saturated heterocycles. The summed E-state index contributed by atoms with van der Waals surface area (Å²) in [5.41, 5.74) is 0.813. The molecule has 118 valence electrons. The number of aromatic amines is 1. The number of thiophene rings is 1. The van der Waals surface area contributed by atoms with Gasteiger partial charge in [-0.05, 0) is 12.1 Å².